The molecule has 11 heteroatoms. The van der Waals surface area contributed by atoms with Crippen molar-refractivity contribution in [3.8, 4) is 0 Å². The Balaban J connectivity index is 1.41. The van der Waals surface area contributed by atoms with Gasteiger partial charge in [0, 0.05) is 31.2 Å². The van der Waals surface area contributed by atoms with Crippen molar-refractivity contribution in [1.29, 1.82) is 0 Å². The minimum Gasteiger partial charge on any atom is -0.364 e. The lowest BCUT2D eigenvalue weighted by atomic mass is 9.85. The fourth-order valence-electron chi connectivity index (χ4n) is 6.52. The van der Waals surface area contributed by atoms with Gasteiger partial charge in [0.05, 0.1) is 36.5 Å². The molecular formula is C34H34F4N4O3. The van der Waals surface area contributed by atoms with Crippen LogP contribution < -0.4 is 17.0 Å². The Kier molecular flexibility index (Phi) is 8.28. The summed E-state index contributed by atoms with van der Waals surface area (Å²) in [5.74, 6) is -1.10. The molecule has 0 saturated carbocycles. The second kappa shape index (κ2) is 12.0. The zero-order valence-electron chi connectivity index (χ0n) is 24.8. The molecule has 1 saturated heterocycles. The van der Waals surface area contributed by atoms with Gasteiger partial charge in [0.15, 0.2) is 0 Å². The van der Waals surface area contributed by atoms with Crippen LogP contribution in [0.1, 0.15) is 58.0 Å². The smallest absolute Gasteiger partial charge is 0.364 e. The molecule has 4 aromatic rings. The van der Waals surface area contributed by atoms with Gasteiger partial charge in [-0.25, -0.2) is 9.18 Å². The van der Waals surface area contributed by atoms with Crippen LogP contribution in [0.2, 0.25) is 0 Å². The second-order valence-electron chi connectivity index (χ2n) is 11.9. The van der Waals surface area contributed by atoms with Crippen LogP contribution in [-0.2, 0) is 42.8 Å². The van der Waals surface area contributed by atoms with E-state index >= 15 is 4.39 Å². The molecule has 0 bridgehead atoms. The van der Waals surface area contributed by atoms with Gasteiger partial charge in [-0.15, -0.1) is 0 Å². The highest BCUT2D eigenvalue weighted by Gasteiger charge is 2.47. The lowest BCUT2D eigenvalue weighted by molar-refractivity contribution is -0.138. The van der Waals surface area contributed by atoms with Gasteiger partial charge >= 0.3 is 11.9 Å². The summed E-state index contributed by atoms with van der Waals surface area (Å²) in [5.41, 5.74) is 5.52. The highest BCUT2D eigenvalue weighted by Crippen LogP contribution is 2.43. The molecule has 1 unspecified atom stereocenters. The molecule has 1 atom stereocenters. The first kappa shape index (κ1) is 30.9. The van der Waals surface area contributed by atoms with Gasteiger partial charge < -0.3 is 10.5 Å². The number of hydrogen-bond donors (Lipinski definition) is 1. The number of hydrogen-bond acceptors (Lipinski definition) is 5. The quantitative estimate of drug-likeness (QED) is 0.285. The Bertz CT molecular complexity index is 1810. The zero-order chi connectivity index (χ0) is 31.9. The maximum atomic E-state index is 15.0. The largest absolute Gasteiger partial charge is 0.416 e. The molecule has 1 spiro atoms. The molecule has 0 amide bonds. The van der Waals surface area contributed by atoms with Crippen molar-refractivity contribution in [3.05, 3.63) is 139 Å². The Hall–Kier alpha value is -4.06. The first-order valence-corrected chi connectivity index (χ1v) is 14.9. The van der Waals surface area contributed by atoms with Gasteiger partial charge in [-0.1, -0.05) is 66.2 Å². The SMILES string of the molecule is Cc1ccc(CN2CCC3(CC2)OCc2c3c(=O)n(CC(N)c3ccccc3)c(=O)n2Cc2c(F)cccc2C(F)(F)F)cc1. The van der Waals surface area contributed by atoms with Gasteiger partial charge in [0.2, 0.25) is 0 Å². The van der Waals surface area contributed by atoms with Crippen molar-refractivity contribution >= 4 is 0 Å². The number of piperidine rings is 1. The number of nitrogens with zero attached hydrogens (tertiary/aromatic N) is 3. The molecule has 0 aliphatic carbocycles. The van der Waals surface area contributed by atoms with Crippen LogP contribution in [0.3, 0.4) is 0 Å². The molecule has 7 nitrogen and oxygen atoms in total. The Morgan fingerprint density at radius 2 is 1.60 bits per heavy atom. The minimum atomic E-state index is -4.85. The van der Waals surface area contributed by atoms with Gasteiger partial charge in [-0.3, -0.25) is 18.8 Å². The molecule has 2 N–H and O–H groups in total. The second-order valence-corrected chi connectivity index (χ2v) is 11.9. The van der Waals surface area contributed by atoms with Crippen molar-refractivity contribution in [2.75, 3.05) is 13.1 Å². The van der Waals surface area contributed by atoms with Crippen LogP contribution in [0.4, 0.5) is 17.6 Å². The molecule has 45 heavy (non-hydrogen) atoms. The Morgan fingerprint density at radius 1 is 0.911 bits per heavy atom. The maximum Gasteiger partial charge on any atom is 0.416 e. The van der Waals surface area contributed by atoms with Crippen molar-refractivity contribution in [1.82, 2.24) is 14.0 Å². The van der Waals surface area contributed by atoms with E-state index in [1.807, 2.05) is 13.0 Å². The number of aromatic nitrogens is 2. The van der Waals surface area contributed by atoms with Crippen molar-refractivity contribution in [2.45, 2.75) is 63.8 Å². The predicted octanol–water partition coefficient (Wildman–Crippen LogP) is 5.25. The molecule has 2 aliphatic heterocycles. The van der Waals surface area contributed by atoms with E-state index in [1.165, 1.54) is 5.56 Å². The summed E-state index contributed by atoms with van der Waals surface area (Å²) in [4.78, 5) is 30.4. The van der Waals surface area contributed by atoms with Gasteiger partial charge in [-0.2, -0.15) is 13.2 Å². The van der Waals surface area contributed by atoms with Gasteiger partial charge in [-0.05, 0) is 43.0 Å². The topological polar surface area (TPSA) is 82.5 Å². The zero-order valence-corrected chi connectivity index (χ0v) is 24.8. The Morgan fingerprint density at radius 3 is 2.27 bits per heavy atom. The molecule has 2 aliphatic rings. The van der Waals surface area contributed by atoms with Crippen molar-refractivity contribution in [3.63, 3.8) is 0 Å². The van der Waals surface area contributed by atoms with Crippen LogP contribution >= 0.6 is 0 Å². The lowest BCUT2D eigenvalue weighted by Gasteiger charge is -2.39. The summed E-state index contributed by atoms with van der Waals surface area (Å²) >= 11 is 0. The number of fused-ring (bicyclic) bond motifs is 2. The van der Waals surface area contributed by atoms with Gasteiger partial charge in [0.25, 0.3) is 5.56 Å². The van der Waals surface area contributed by atoms with Crippen LogP contribution in [0.25, 0.3) is 0 Å². The van der Waals surface area contributed by atoms with E-state index in [4.69, 9.17) is 10.5 Å². The van der Waals surface area contributed by atoms with Crippen molar-refractivity contribution in [2.24, 2.45) is 5.73 Å². The number of ether oxygens (including phenoxy) is 1. The summed E-state index contributed by atoms with van der Waals surface area (Å²) < 4.78 is 65.2. The summed E-state index contributed by atoms with van der Waals surface area (Å²) in [5, 5.41) is 0. The average molecular weight is 623 g/mol. The van der Waals surface area contributed by atoms with E-state index in [1.54, 1.807) is 24.3 Å². The fourth-order valence-corrected chi connectivity index (χ4v) is 6.52. The highest BCUT2D eigenvalue weighted by molar-refractivity contribution is 5.35. The molecule has 1 aromatic heterocycles. The van der Waals surface area contributed by atoms with E-state index in [-0.39, 0.29) is 24.4 Å². The maximum absolute atomic E-state index is 15.0. The summed E-state index contributed by atoms with van der Waals surface area (Å²) in [7, 11) is 0. The van der Waals surface area contributed by atoms with E-state index in [0.717, 1.165) is 32.9 Å². The average Bonchev–Trinajstić information content (AvgIpc) is 3.38. The Labute approximate surface area is 257 Å². The first-order valence-electron chi connectivity index (χ1n) is 14.9. The molecule has 6 rings (SSSR count). The number of benzene rings is 3. The van der Waals surface area contributed by atoms with E-state index in [2.05, 4.69) is 29.2 Å². The molecule has 3 aromatic carbocycles. The minimum absolute atomic E-state index is 0.154. The monoisotopic (exact) mass is 622 g/mol. The molecule has 0 radical (unpaired) electrons. The van der Waals surface area contributed by atoms with Crippen LogP contribution in [0.5, 0.6) is 0 Å². The third kappa shape index (κ3) is 5.99. The van der Waals surface area contributed by atoms with E-state index < -0.39 is 52.6 Å². The normalized spacial score (nSPS) is 17.0. The number of likely N-dealkylation sites (tertiary alicyclic amines) is 1. The van der Waals surface area contributed by atoms with Crippen LogP contribution in [0.15, 0.2) is 82.4 Å². The van der Waals surface area contributed by atoms with Gasteiger partial charge in [0.1, 0.15) is 11.4 Å². The number of halogens is 4. The highest BCUT2D eigenvalue weighted by atomic mass is 19.4. The molecular weight excluding hydrogens is 588 g/mol. The summed E-state index contributed by atoms with van der Waals surface area (Å²) in [6.45, 7) is 2.85. The number of aryl methyl sites for hydroxylation is 1. The van der Waals surface area contributed by atoms with Crippen molar-refractivity contribution < 1.29 is 22.3 Å². The summed E-state index contributed by atoms with van der Waals surface area (Å²) in [6, 6.07) is 19.1. The molecule has 1 fully saturated rings. The lowest BCUT2D eigenvalue weighted by Crippen LogP contribution is -2.49. The fraction of sp³-hybridized carbons (Fsp3) is 0.353. The summed E-state index contributed by atoms with van der Waals surface area (Å²) in [6.07, 6.45) is -3.97. The first-order chi connectivity index (χ1) is 21.5. The number of rotatable bonds is 7. The standard InChI is InChI=1S/C34H34F4N4O3/c1-22-10-12-23(13-11-22)18-40-16-14-33(15-17-40)30-29(21-45-33)41(19-25-26(34(36,37)38)8-5-9-27(25)35)32(44)42(31(30)43)20-28(39)24-6-3-2-4-7-24/h2-13,28H,14-21,39H2,1H3. The number of nitrogens with two attached hydrogens (primary N) is 1. The third-order valence-corrected chi connectivity index (χ3v) is 9.01. The van der Waals surface area contributed by atoms with E-state index in [0.29, 0.717) is 38.0 Å². The van der Waals surface area contributed by atoms with Crippen LogP contribution in [-0.4, -0.2) is 27.1 Å². The third-order valence-electron chi connectivity index (χ3n) is 9.01. The molecule has 3 heterocycles. The number of alkyl halides is 3. The molecule has 236 valence electrons. The van der Waals surface area contributed by atoms with E-state index in [9.17, 15) is 22.8 Å². The predicted molar refractivity (Wildman–Crippen MR) is 161 cm³/mol. The van der Waals surface area contributed by atoms with Crippen LogP contribution in [0, 0.1) is 12.7 Å².